The number of hydrogen-bond donors (Lipinski definition) is 1. The molecule has 0 aliphatic heterocycles. The Labute approximate surface area is 130 Å². The second-order valence-corrected chi connectivity index (χ2v) is 5.08. The van der Waals surface area contributed by atoms with Gasteiger partial charge in [-0.3, -0.25) is 9.59 Å². The number of ether oxygens (including phenoxy) is 2. The summed E-state index contributed by atoms with van der Waals surface area (Å²) in [6.45, 7) is 1.32. The summed E-state index contributed by atoms with van der Waals surface area (Å²) in [6.07, 6.45) is 0.752. The SMILES string of the molecule is COC(=O)[C@H](Cc1ccc(OC(C)=O)c(I)c1)NC=O. The molecule has 0 aromatic heterocycles. The van der Waals surface area contributed by atoms with Crippen molar-refractivity contribution in [2.24, 2.45) is 0 Å². The van der Waals surface area contributed by atoms with E-state index in [2.05, 4.69) is 10.1 Å². The molecule has 1 atom stereocenters. The van der Waals surface area contributed by atoms with Crippen molar-refractivity contribution in [1.82, 2.24) is 5.32 Å². The van der Waals surface area contributed by atoms with Gasteiger partial charge in [0.25, 0.3) is 0 Å². The van der Waals surface area contributed by atoms with Gasteiger partial charge < -0.3 is 14.8 Å². The first-order chi connectivity index (χ1) is 9.47. The first-order valence-corrected chi connectivity index (χ1v) is 6.80. The maximum absolute atomic E-state index is 11.5. The van der Waals surface area contributed by atoms with Gasteiger partial charge in [0, 0.05) is 13.3 Å². The van der Waals surface area contributed by atoms with Crippen LogP contribution in [0.1, 0.15) is 12.5 Å². The van der Waals surface area contributed by atoms with Crippen LogP contribution < -0.4 is 10.1 Å². The molecule has 1 N–H and O–H groups in total. The monoisotopic (exact) mass is 391 g/mol. The van der Waals surface area contributed by atoms with Crippen molar-refractivity contribution < 1.29 is 23.9 Å². The molecule has 0 saturated carbocycles. The Bertz CT molecular complexity index is 517. The van der Waals surface area contributed by atoms with Crippen LogP contribution in [-0.2, 0) is 25.5 Å². The molecule has 0 aliphatic carbocycles. The van der Waals surface area contributed by atoms with Gasteiger partial charge in [-0.15, -0.1) is 0 Å². The smallest absolute Gasteiger partial charge is 0.328 e. The van der Waals surface area contributed by atoms with Gasteiger partial charge in [-0.25, -0.2) is 4.79 Å². The van der Waals surface area contributed by atoms with Gasteiger partial charge in [-0.05, 0) is 40.3 Å². The summed E-state index contributed by atoms with van der Waals surface area (Å²) in [5, 5.41) is 2.41. The van der Waals surface area contributed by atoms with Gasteiger partial charge in [0.2, 0.25) is 6.41 Å². The molecule has 0 aliphatic rings. The zero-order valence-electron chi connectivity index (χ0n) is 11.0. The van der Waals surface area contributed by atoms with Crippen LogP contribution in [0.5, 0.6) is 5.75 Å². The molecular formula is C13H14INO5. The largest absolute Gasteiger partial charge is 0.467 e. The highest BCUT2D eigenvalue weighted by Gasteiger charge is 2.19. The molecule has 0 saturated heterocycles. The van der Waals surface area contributed by atoms with E-state index >= 15 is 0 Å². The Morgan fingerprint density at radius 2 is 2.15 bits per heavy atom. The summed E-state index contributed by atoms with van der Waals surface area (Å²) < 4.78 is 10.4. The third-order valence-corrected chi connectivity index (χ3v) is 3.29. The summed E-state index contributed by atoms with van der Waals surface area (Å²) in [6, 6.07) is 4.41. The molecule has 0 fully saturated rings. The maximum Gasteiger partial charge on any atom is 0.328 e. The quantitative estimate of drug-likeness (QED) is 0.339. The summed E-state index contributed by atoms with van der Waals surface area (Å²) >= 11 is 2.03. The van der Waals surface area contributed by atoms with Crippen LogP contribution in [0.25, 0.3) is 0 Å². The Morgan fingerprint density at radius 1 is 1.45 bits per heavy atom. The Kier molecular flexibility index (Phi) is 6.43. The molecule has 108 valence electrons. The average molecular weight is 391 g/mol. The van der Waals surface area contributed by atoms with Crippen LogP contribution in [0.4, 0.5) is 0 Å². The predicted octanol–water partition coefficient (Wildman–Crippen LogP) is 1.05. The average Bonchev–Trinajstić information content (AvgIpc) is 2.40. The van der Waals surface area contributed by atoms with E-state index in [4.69, 9.17) is 4.74 Å². The van der Waals surface area contributed by atoms with Gasteiger partial charge in [-0.1, -0.05) is 6.07 Å². The molecule has 1 amide bonds. The maximum atomic E-state index is 11.5. The number of esters is 2. The van der Waals surface area contributed by atoms with Crippen molar-refractivity contribution in [2.75, 3.05) is 7.11 Å². The van der Waals surface area contributed by atoms with E-state index in [9.17, 15) is 14.4 Å². The Morgan fingerprint density at radius 3 is 2.65 bits per heavy atom. The van der Waals surface area contributed by atoms with E-state index in [1.165, 1.54) is 14.0 Å². The van der Waals surface area contributed by atoms with Gasteiger partial charge >= 0.3 is 11.9 Å². The van der Waals surface area contributed by atoms with Crippen molar-refractivity contribution in [3.05, 3.63) is 27.3 Å². The Balaban J connectivity index is 2.86. The summed E-state index contributed by atoms with van der Waals surface area (Å²) in [7, 11) is 1.26. The molecule has 0 spiro atoms. The summed E-state index contributed by atoms with van der Waals surface area (Å²) in [4.78, 5) is 32.9. The lowest BCUT2D eigenvalue weighted by Crippen LogP contribution is -2.38. The normalized spacial score (nSPS) is 11.3. The number of nitrogens with one attached hydrogen (secondary N) is 1. The van der Waals surface area contributed by atoms with E-state index in [1.54, 1.807) is 18.2 Å². The van der Waals surface area contributed by atoms with Crippen molar-refractivity contribution in [2.45, 2.75) is 19.4 Å². The number of hydrogen-bond acceptors (Lipinski definition) is 5. The van der Waals surface area contributed by atoms with Gasteiger partial charge in [0.1, 0.15) is 11.8 Å². The number of amides is 1. The van der Waals surface area contributed by atoms with Crippen LogP contribution >= 0.6 is 22.6 Å². The number of benzene rings is 1. The van der Waals surface area contributed by atoms with Crippen molar-refractivity contribution in [3.63, 3.8) is 0 Å². The second kappa shape index (κ2) is 7.83. The first kappa shape index (κ1) is 16.4. The highest BCUT2D eigenvalue weighted by molar-refractivity contribution is 14.1. The van der Waals surface area contributed by atoms with Gasteiger partial charge in [0.15, 0.2) is 0 Å². The van der Waals surface area contributed by atoms with E-state index < -0.39 is 18.0 Å². The molecule has 1 aromatic rings. The lowest BCUT2D eigenvalue weighted by Gasteiger charge is -2.14. The predicted molar refractivity (Wildman–Crippen MR) is 79.2 cm³/mol. The van der Waals surface area contributed by atoms with Crippen LogP contribution in [0, 0.1) is 3.57 Å². The van der Waals surface area contributed by atoms with E-state index in [0.29, 0.717) is 18.6 Å². The number of carbonyl (C=O) groups is 3. The fourth-order valence-electron chi connectivity index (χ4n) is 1.58. The molecule has 20 heavy (non-hydrogen) atoms. The zero-order valence-corrected chi connectivity index (χ0v) is 13.2. The molecule has 0 radical (unpaired) electrons. The molecule has 1 aromatic carbocycles. The van der Waals surface area contributed by atoms with Crippen molar-refractivity contribution in [1.29, 1.82) is 0 Å². The fourth-order valence-corrected chi connectivity index (χ4v) is 2.27. The molecule has 6 nitrogen and oxygen atoms in total. The Hall–Kier alpha value is -1.64. The molecule has 1 rings (SSSR count). The van der Waals surface area contributed by atoms with Gasteiger partial charge in [0.05, 0.1) is 10.7 Å². The van der Waals surface area contributed by atoms with Crippen molar-refractivity contribution >= 4 is 40.9 Å². The highest BCUT2D eigenvalue weighted by atomic mass is 127. The second-order valence-electron chi connectivity index (χ2n) is 3.92. The lowest BCUT2D eigenvalue weighted by atomic mass is 10.1. The zero-order chi connectivity index (χ0) is 15.1. The third-order valence-electron chi connectivity index (χ3n) is 2.44. The molecule has 7 heteroatoms. The van der Waals surface area contributed by atoms with Crippen LogP contribution in [-0.4, -0.2) is 31.5 Å². The minimum absolute atomic E-state index is 0.293. The summed E-state index contributed by atoms with van der Waals surface area (Å²) in [5.74, 6) is -0.457. The minimum Gasteiger partial charge on any atom is -0.467 e. The van der Waals surface area contributed by atoms with Crippen molar-refractivity contribution in [3.8, 4) is 5.75 Å². The number of carbonyl (C=O) groups excluding carboxylic acids is 3. The topological polar surface area (TPSA) is 81.7 Å². The van der Waals surface area contributed by atoms with Crippen LogP contribution in [0.3, 0.4) is 0 Å². The number of rotatable bonds is 6. The standard InChI is InChI=1S/C13H14INO5/c1-8(17)20-12-4-3-9(5-10(12)14)6-11(15-7-16)13(18)19-2/h3-5,7,11H,6H2,1-2H3,(H,15,16)/t11-/m0/s1. The van der Waals surface area contributed by atoms with E-state index in [1.807, 2.05) is 22.6 Å². The third kappa shape index (κ3) is 4.80. The molecular weight excluding hydrogens is 377 g/mol. The lowest BCUT2D eigenvalue weighted by molar-refractivity contribution is -0.144. The molecule has 0 unspecified atom stereocenters. The number of halogens is 1. The van der Waals surface area contributed by atoms with E-state index in [-0.39, 0.29) is 0 Å². The van der Waals surface area contributed by atoms with E-state index in [0.717, 1.165) is 9.13 Å². The molecule has 0 bridgehead atoms. The first-order valence-electron chi connectivity index (χ1n) is 5.72. The highest BCUT2D eigenvalue weighted by Crippen LogP contribution is 2.23. The summed E-state index contributed by atoms with van der Waals surface area (Å²) in [5.41, 5.74) is 0.815. The van der Waals surface area contributed by atoms with Crippen LogP contribution in [0.15, 0.2) is 18.2 Å². The minimum atomic E-state index is -0.743. The molecule has 0 heterocycles. The fraction of sp³-hybridized carbons (Fsp3) is 0.308. The number of methoxy groups -OCH3 is 1. The van der Waals surface area contributed by atoms with Crippen LogP contribution in [0.2, 0.25) is 0 Å². The van der Waals surface area contributed by atoms with Gasteiger partial charge in [-0.2, -0.15) is 0 Å².